The van der Waals surface area contributed by atoms with Crippen molar-refractivity contribution in [1.82, 2.24) is 4.90 Å². The highest BCUT2D eigenvalue weighted by Gasteiger charge is 2.29. The van der Waals surface area contributed by atoms with Crippen LogP contribution in [-0.4, -0.2) is 49.7 Å². The van der Waals surface area contributed by atoms with Crippen LogP contribution in [0.15, 0.2) is 52.8 Å². The zero-order chi connectivity index (χ0) is 28.1. The predicted octanol–water partition coefficient (Wildman–Crippen LogP) is 6.31. The molecule has 208 valence electrons. The molecule has 1 aliphatic heterocycles. The van der Waals surface area contributed by atoms with Gasteiger partial charge in [-0.25, -0.2) is 4.79 Å². The second kappa shape index (κ2) is 12.9. The Bertz CT molecular complexity index is 1430. The van der Waals surface area contributed by atoms with Gasteiger partial charge in [-0.15, -0.1) is 11.3 Å². The summed E-state index contributed by atoms with van der Waals surface area (Å²) in [6.45, 7) is 4.75. The fourth-order valence-corrected chi connectivity index (χ4v) is 6.91. The molecule has 0 radical (unpaired) electrons. The summed E-state index contributed by atoms with van der Waals surface area (Å²) in [6.07, 6.45) is 9.08. The van der Waals surface area contributed by atoms with Crippen LogP contribution < -0.4 is 5.32 Å². The normalized spacial score (nSPS) is 18.5. The van der Waals surface area contributed by atoms with Gasteiger partial charge in [0.1, 0.15) is 16.6 Å². The number of amides is 1. The minimum Gasteiger partial charge on any atom is -0.462 e. The smallest absolute Gasteiger partial charge is 0.341 e. The van der Waals surface area contributed by atoms with Gasteiger partial charge in [0, 0.05) is 28.7 Å². The maximum Gasteiger partial charge on any atom is 0.341 e. The first-order valence-electron chi connectivity index (χ1n) is 13.8. The zero-order valence-corrected chi connectivity index (χ0v) is 24.1. The lowest BCUT2D eigenvalue weighted by Gasteiger charge is -2.31. The number of nitrogens with one attached hydrogen (secondary N) is 1. The Hall–Kier alpha value is -3.38. The number of halogens is 1. The summed E-state index contributed by atoms with van der Waals surface area (Å²) in [4.78, 5) is 29.7. The van der Waals surface area contributed by atoms with E-state index >= 15 is 0 Å². The van der Waals surface area contributed by atoms with E-state index in [2.05, 4.69) is 22.4 Å². The van der Waals surface area contributed by atoms with Crippen LogP contribution in [0.3, 0.4) is 0 Å². The minimum absolute atomic E-state index is 0.00897. The van der Waals surface area contributed by atoms with Gasteiger partial charge >= 0.3 is 5.97 Å². The molecule has 3 aliphatic rings. The number of esters is 1. The van der Waals surface area contributed by atoms with Crippen LogP contribution in [0.4, 0.5) is 5.00 Å². The molecule has 0 saturated carbocycles. The van der Waals surface area contributed by atoms with Crippen molar-refractivity contribution >= 4 is 45.9 Å². The molecule has 1 N–H and O–H groups in total. The molecule has 2 aliphatic carbocycles. The topological polar surface area (TPSA) is 91.7 Å². The van der Waals surface area contributed by atoms with Crippen LogP contribution in [0.5, 0.6) is 0 Å². The number of carbonyl (C=O) groups excluding carboxylic acids is 2. The van der Waals surface area contributed by atoms with E-state index in [1.54, 1.807) is 13.0 Å². The third kappa shape index (κ3) is 6.17. The Morgan fingerprint density at radius 3 is 2.62 bits per heavy atom. The average molecular weight is 578 g/mol. The number of anilines is 1. The van der Waals surface area contributed by atoms with Crippen molar-refractivity contribution in [1.29, 1.82) is 5.26 Å². The fraction of sp³-hybridized carbons (Fsp3) is 0.387. The van der Waals surface area contributed by atoms with E-state index in [9.17, 15) is 14.9 Å². The van der Waals surface area contributed by atoms with Crippen LogP contribution in [0.2, 0.25) is 5.02 Å². The van der Waals surface area contributed by atoms with E-state index in [0.717, 1.165) is 78.0 Å². The molecule has 7 nitrogen and oxygen atoms in total. The molecule has 1 amide bonds. The van der Waals surface area contributed by atoms with Crippen molar-refractivity contribution in [2.75, 3.05) is 38.2 Å². The fourth-order valence-electron chi connectivity index (χ4n) is 5.51. The number of carbonyl (C=O) groups is 2. The number of allylic oxidation sites excluding steroid dienone is 3. The predicted molar refractivity (Wildman–Crippen MR) is 157 cm³/mol. The monoisotopic (exact) mass is 577 g/mol. The Kier molecular flexibility index (Phi) is 9.05. The number of benzene rings is 1. The molecular formula is C31H32ClN3O4S. The van der Waals surface area contributed by atoms with Gasteiger partial charge in [-0.05, 0) is 92.0 Å². The number of hydrogen-bond donors (Lipinski definition) is 1. The highest BCUT2D eigenvalue weighted by molar-refractivity contribution is 7.17. The lowest BCUT2D eigenvalue weighted by molar-refractivity contribution is -0.112. The SMILES string of the molecule is CCOC(=O)c1c(NC(=O)/C(C#N)=C/C2=C(N3CCOCC3)C(=C/c3ccc(Cl)cc3)/CC2)sc2c1CCCC2. The van der Waals surface area contributed by atoms with Gasteiger partial charge in [0.25, 0.3) is 5.91 Å². The van der Waals surface area contributed by atoms with Crippen molar-refractivity contribution < 1.29 is 19.1 Å². The molecule has 0 spiro atoms. The molecule has 0 unspecified atom stereocenters. The summed E-state index contributed by atoms with van der Waals surface area (Å²) in [6, 6.07) is 9.81. The summed E-state index contributed by atoms with van der Waals surface area (Å²) in [5.41, 5.74) is 5.62. The summed E-state index contributed by atoms with van der Waals surface area (Å²) >= 11 is 7.50. The van der Waals surface area contributed by atoms with E-state index < -0.39 is 11.9 Å². The highest BCUT2D eigenvalue weighted by Crippen LogP contribution is 2.40. The van der Waals surface area contributed by atoms with E-state index in [0.29, 0.717) is 35.2 Å². The lowest BCUT2D eigenvalue weighted by atomic mass is 9.95. The molecule has 1 aromatic heterocycles. The largest absolute Gasteiger partial charge is 0.462 e. The minimum atomic E-state index is -0.518. The number of morpholine rings is 1. The van der Waals surface area contributed by atoms with Crippen molar-refractivity contribution in [2.24, 2.45) is 0 Å². The van der Waals surface area contributed by atoms with Crippen LogP contribution in [0.25, 0.3) is 6.08 Å². The van der Waals surface area contributed by atoms with Crippen LogP contribution >= 0.6 is 22.9 Å². The number of nitrogens with zero attached hydrogens (tertiary/aromatic N) is 2. The van der Waals surface area contributed by atoms with Crippen LogP contribution in [0, 0.1) is 11.3 Å². The Balaban J connectivity index is 1.48. The van der Waals surface area contributed by atoms with Gasteiger partial charge in [0.05, 0.1) is 25.4 Å². The van der Waals surface area contributed by atoms with Gasteiger partial charge in [0.2, 0.25) is 0 Å². The first-order chi connectivity index (χ1) is 19.5. The van der Waals surface area contributed by atoms with E-state index in [-0.39, 0.29) is 12.2 Å². The molecule has 1 aromatic carbocycles. The van der Waals surface area contributed by atoms with Gasteiger partial charge < -0.3 is 19.7 Å². The van der Waals surface area contributed by atoms with Crippen LogP contribution in [-0.2, 0) is 27.1 Å². The molecule has 1 fully saturated rings. The van der Waals surface area contributed by atoms with Crippen LogP contribution in [0.1, 0.15) is 59.0 Å². The average Bonchev–Trinajstić information content (AvgIpc) is 3.53. The van der Waals surface area contributed by atoms with E-state index in [1.807, 2.05) is 24.3 Å². The first-order valence-corrected chi connectivity index (χ1v) is 14.9. The maximum atomic E-state index is 13.4. The molecule has 2 aromatic rings. The number of ether oxygens (including phenoxy) is 2. The molecule has 0 bridgehead atoms. The van der Waals surface area contributed by atoms with E-state index in [1.165, 1.54) is 11.3 Å². The summed E-state index contributed by atoms with van der Waals surface area (Å²) in [5.74, 6) is -0.944. The summed E-state index contributed by atoms with van der Waals surface area (Å²) in [5, 5.41) is 14.1. The maximum absolute atomic E-state index is 13.4. The van der Waals surface area contributed by atoms with Crippen molar-refractivity contribution in [3.63, 3.8) is 0 Å². The molecule has 2 heterocycles. The summed E-state index contributed by atoms with van der Waals surface area (Å²) < 4.78 is 10.9. The van der Waals surface area contributed by atoms with Gasteiger partial charge in [-0.1, -0.05) is 23.7 Å². The molecule has 40 heavy (non-hydrogen) atoms. The Morgan fingerprint density at radius 1 is 1.15 bits per heavy atom. The highest BCUT2D eigenvalue weighted by atomic mass is 35.5. The second-order valence-electron chi connectivity index (χ2n) is 9.95. The summed E-state index contributed by atoms with van der Waals surface area (Å²) in [7, 11) is 0. The zero-order valence-electron chi connectivity index (χ0n) is 22.6. The second-order valence-corrected chi connectivity index (χ2v) is 11.5. The molecule has 9 heteroatoms. The number of rotatable bonds is 7. The van der Waals surface area contributed by atoms with E-state index in [4.69, 9.17) is 21.1 Å². The number of fused-ring (bicyclic) bond motifs is 1. The standard InChI is InChI=1S/C31H32ClN3O4S/c1-2-39-31(37)27-25-5-3-4-6-26(25)40-30(27)34-29(36)23(19-33)18-22-10-9-21(17-20-7-11-24(32)12-8-20)28(22)35-13-15-38-16-14-35/h7-8,11-12,17-18H,2-6,9-10,13-16H2,1H3,(H,34,36)/b21-17+,23-18+. The third-order valence-electron chi connectivity index (χ3n) is 7.37. The number of hydrogen-bond acceptors (Lipinski definition) is 7. The Morgan fingerprint density at radius 2 is 1.90 bits per heavy atom. The molecule has 1 saturated heterocycles. The van der Waals surface area contributed by atoms with Gasteiger partial charge in [-0.3, -0.25) is 4.79 Å². The van der Waals surface area contributed by atoms with Gasteiger partial charge in [0.15, 0.2) is 0 Å². The molecular weight excluding hydrogens is 546 g/mol. The van der Waals surface area contributed by atoms with Crippen molar-refractivity contribution in [3.8, 4) is 6.07 Å². The third-order valence-corrected chi connectivity index (χ3v) is 8.83. The number of nitriles is 1. The quantitative estimate of drug-likeness (QED) is 0.236. The van der Waals surface area contributed by atoms with Crippen molar-refractivity contribution in [2.45, 2.75) is 45.4 Å². The number of aryl methyl sites for hydroxylation is 1. The first kappa shape index (κ1) is 28.2. The lowest BCUT2D eigenvalue weighted by Crippen LogP contribution is -2.36. The van der Waals surface area contributed by atoms with Gasteiger partial charge in [-0.2, -0.15) is 5.26 Å². The molecule has 0 atom stereocenters. The van der Waals surface area contributed by atoms with Crippen molar-refractivity contribution in [3.05, 3.63) is 79.3 Å². The Labute approximate surface area is 243 Å². The number of thiophene rings is 1. The molecule has 5 rings (SSSR count).